The SMILES string of the molecule is COc1ccc(C2C(C(=O)OC(C)C)=C(C)N=c3s/c(=C\c4c(F)cccc4Cl)c(=O)n32)cc1. The highest BCUT2D eigenvalue weighted by atomic mass is 35.5. The highest BCUT2D eigenvalue weighted by Crippen LogP contribution is 2.32. The van der Waals surface area contributed by atoms with E-state index in [2.05, 4.69) is 4.99 Å². The molecule has 1 aliphatic rings. The molecule has 2 heterocycles. The van der Waals surface area contributed by atoms with Crippen LogP contribution in [0.3, 0.4) is 0 Å². The quantitative estimate of drug-likeness (QED) is 0.497. The number of aromatic nitrogens is 1. The van der Waals surface area contributed by atoms with Crippen molar-refractivity contribution in [2.45, 2.75) is 32.9 Å². The number of hydrogen-bond donors (Lipinski definition) is 0. The topological polar surface area (TPSA) is 69.9 Å². The lowest BCUT2D eigenvalue weighted by Gasteiger charge is -2.25. The molecule has 176 valence electrons. The van der Waals surface area contributed by atoms with Gasteiger partial charge in [0.05, 0.1) is 40.1 Å². The normalized spacial score (nSPS) is 15.9. The smallest absolute Gasteiger partial charge is 0.338 e. The monoisotopic (exact) mass is 500 g/mol. The van der Waals surface area contributed by atoms with Crippen LogP contribution < -0.4 is 19.6 Å². The van der Waals surface area contributed by atoms with Gasteiger partial charge in [0.1, 0.15) is 11.6 Å². The van der Waals surface area contributed by atoms with Crippen molar-refractivity contribution in [3.05, 3.63) is 95.4 Å². The molecular formula is C25H22ClFN2O4S. The number of fused-ring (bicyclic) bond motifs is 1. The van der Waals surface area contributed by atoms with Crippen molar-refractivity contribution in [2.75, 3.05) is 7.11 Å². The van der Waals surface area contributed by atoms with Gasteiger partial charge in [0, 0.05) is 5.56 Å². The first kappa shape index (κ1) is 23.9. The van der Waals surface area contributed by atoms with Gasteiger partial charge in [-0.3, -0.25) is 9.36 Å². The van der Waals surface area contributed by atoms with E-state index in [0.717, 1.165) is 11.3 Å². The molecule has 4 rings (SSSR count). The Labute approximate surface area is 204 Å². The Morgan fingerprint density at radius 1 is 1.24 bits per heavy atom. The number of carbonyl (C=O) groups is 1. The minimum atomic E-state index is -0.772. The Balaban J connectivity index is 1.97. The van der Waals surface area contributed by atoms with E-state index in [0.29, 0.717) is 21.8 Å². The van der Waals surface area contributed by atoms with E-state index in [1.807, 2.05) is 0 Å². The van der Waals surface area contributed by atoms with Gasteiger partial charge in [-0.15, -0.1) is 0 Å². The molecule has 0 saturated heterocycles. The van der Waals surface area contributed by atoms with E-state index in [9.17, 15) is 14.0 Å². The third-order valence-corrected chi connectivity index (χ3v) is 6.60. The number of hydrogen-bond acceptors (Lipinski definition) is 6. The number of carbonyl (C=O) groups excluding carboxylic acids is 1. The lowest BCUT2D eigenvalue weighted by atomic mass is 9.96. The van der Waals surface area contributed by atoms with Crippen molar-refractivity contribution >= 4 is 35.0 Å². The minimum absolute atomic E-state index is 0.116. The summed E-state index contributed by atoms with van der Waals surface area (Å²) in [6.07, 6.45) is 1.06. The van der Waals surface area contributed by atoms with Crippen molar-refractivity contribution in [2.24, 2.45) is 4.99 Å². The van der Waals surface area contributed by atoms with Crippen LogP contribution in [0.5, 0.6) is 5.75 Å². The van der Waals surface area contributed by atoms with Crippen molar-refractivity contribution in [1.29, 1.82) is 0 Å². The van der Waals surface area contributed by atoms with Crippen molar-refractivity contribution < 1.29 is 18.7 Å². The second-order valence-corrected chi connectivity index (χ2v) is 9.36. The summed E-state index contributed by atoms with van der Waals surface area (Å²) in [5.41, 5.74) is 1.10. The molecule has 1 atom stereocenters. The zero-order valence-electron chi connectivity index (χ0n) is 19.0. The molecule has 0 saturated carbocycles. The first-order valence-electron chi connectivity index (χ1n) is 10.5. The fourth-order valence-electron chi connectivity index (χ4n) is 3.74. The van der Waals surface area contributed by atoms with Crippen LogP contribution in [0.15, 0.2) is 63.5 Å². The van der Waals surface area contributed by atoms with Gasteiger partial charge in [0.25, 0.3) is 5.56 Å². The van der Waals surface area contributed by atoms with Gasteiger partial charge in [-0.2, -0.15) is 0 Å². The summed E-state index contributed by atoms with van der Waals surface area (Å²) in [5.74, 6) is -0.455. The number of nitrogens with zero attached hydrogens (tertiary/aromatic N) is 2. The molecule has 0 N–H and O–H groups in total. The number of ether oxygens (including phenoxy) is 2. The maximum absolute atomic E-state index is 14.4. The number of methoxy groups -OCH3 is 1. The number of esters is 1. The summed E-state index contributed by atoms with van der Waals surface area (Å²) >= 11 is 7.27. The Kier molecular flexibility index (Phi) is 6.72. The molecule has 3 aromatic rings. The van der Waals surface area contributed by atoms with Gasteiger partial charge >= 0.3 is 5.97 Å². The standard InChI is InChI=1S/C25H22ClFN2O4S/c1-13(2)33-24(31)21-14(3)28-25-29(22(21)15-8-10-16(32-4)11-9-15)23(30)20(34-25)12-17-18(26)6-5-7-19(17)27/h5-13,22H,1-4H3/b20-12-. The van der Waals surface area contributed by atoms with Crippen LogP contribution in [0.4, 0.5) is 4.39 Å². The van der Waals surface area contributed by atoms with Gasteiger partial charge < -0.3 is 9.47 Å². The number of halogens is 2. The predicted molar refractivity (Wildman–Crippen MR) is 129 cm³/mol. The number of benzene rings is 2. The minimum Gasteiger partial charge on any atom is -0.497 e. The maximum atomic E-state index is 14.4. The lowest BCUT2D eigenvalue weighted by molar-refractivity contribution is -0.143. The fourth-order valence-corrected chi connectivity index (χ4v) is 4.99. The fraction of sp³-hybridized carbons (Fsp3) is 0.240. The van der Waals surface area contributed by atoms with E-state index in [4.69, 9.17) is 21.1 Å². The largest absolute Gasteiger partial charge is 0.497 e. The van der Waals surface area contributed by atoms with E-state index < -0.39 is 23.4 Å². The molecule has 2 aromatic carbocycles. The molecule has 0 amide bonds. The Morgan fingerprint density at radius 2 is 1.94 bits per heavy atom. The average Bonchev–Trinajstić information content (AvgIpc) is 3.09. The second-order valence-electron chi connectivity index (χ2n) is 7.94. The zero-order valence-corrected chi connectivity index (χ0v) is 20.5. The van der Waals surface area contributed by atoms with Crippen LogP contribution in [0.2, 0.25) is 5.02 Å². The molecule has 34 heavy (non-hydrogen) atoms. The summed E-state index contributed by atoms with van der Waals surface area (Å²) in [7, 11) is 1.56. The highest BCUT2D eigenvalue weighted by Gasteiger charge is 2.33. The van der Waals surface area contributed by atoms with E-state index >= 15 is 0 Å². The molecule has 1 aliphatic heterocycles. The first-order chi connectivity index (χ1) is 16.2. The average molecular weight is 501 g/mol. The zero-order chi connectivity index (χ0) is 24.6. The summed E-state index contributed by atoms with van der Waals surface area (Å²) < 4.78 is 26.8. The third-order valence-electron chi connectivity index (χ3n) is 5.29. The number of thiazole rings is 1. The van der Waals surface area contributed by atoms with Crippen LogP contribution in [-0.2, 0) is 9.53 Å². The van der Waals surface area contributed by atoms with Crippen molar-refractivity contribution in [3.8, 4) is 5.75 Å². The number of allylic oxidation sites excluding steroid dienone is 1. The van der Waals surface area contributed by atoms with Gasteiger partial charge in [-0.25, -0.2) is 14.2 Å². The van der Waals surface area contributed by atoms with Gasteiger partial charge in [-0.1, -0.05) is 41.1 Å². The molecule has 0 fully saturated rings. The summed E-state index contributed by atoms with van der Waals surface area (Å²) in [4.78, 5) is 31.6. The summed E-state index contributed by atoms with van der Waals surface area (Å²) in [5, 5.41) is 0.190. The van der Waals surface area contributed by atoms with Gasteiger partial charge in [0.15, 0.2) is 4.80 Å². The summed E-state index contributed by atoms with van der Waals surface area (Å²) in [6.45, 7) is 5.21. The van der Waals surface area contributed by atoms with Gasteiger partial charge in [-0.05, 0) is 56.7 Å². The Morgan fingerprint density at radius 3 is 2.56 bits per heavy atom. The van der Waals surface area contributed by atoms with Crippen LogP contribution in [0.1, 0.15) is 37.9 Å². The molecule has 0 aliphatic carbocycles. The third kappa shape index (κ3) is 4.43. The highest BCUT2D eigenvalue weighted by molar-refractivity contribution is 7.07. The molecule has 0 radical (unpaired) electrons. The molecule has 0 bridgehead atoms. The molecular weight excluding hydrogens is 479 g/mol. The van der Waals surface area contributed by atoms with Crippen molar-refractivity contribution in [1.82, 2.24) is 4.57 Å². The Hall–Kier alpha value is -3.23. The van der Waals surface area contributed by atoms with E-state index in [1.165, 1.54) is 22.8 Å². The van der Waals surface area contributed by atoms with Gasteiger partial charge in [0.2, 0.25) is 0 Å². The maximum Gasteiger partial charge on any atom is 0.338 e. The van der Waals surface area contributed by atoms with Crippen LogP contribution in [-0.4, -0.2) is 23.8 Å². The molecule has 9 heteroatoms. The van der Waals surface area contributed by atoms with Crippen LogP contribution in [0.25, 0.3) is 6.08 Å². The Bertz CT molecular complexity index is 1450. The van der Waals surface area contributed by atoms with Crippen LogP contribution in [0, 0.1) is 5.82 Å². The first-order valence-corrected chi connectivity index (χ1v) is 11.7. The molecule has 0 spiro atoms. The van der Waals surface area contributed by atoms with E-state index in [-0.39, 0.29) is 26.8 Å². The second kappa shape index (κ2) is 9.56. The molecule has 1 unspecified atom stereocenters. The van der Waals surface area contributed by atoms with Crippen molar-refractivity contribution in [3.63, 3.8) is 0 Å². The number of rotatable bonds is 5. The molecule has 1 aromatic heterocycles. The lowest BCUT2D eigenvalue weighted by Crippen LogP contribution is -2.40. The predicted octanol–water partition coefficient (Wildman–Crippen LogP) is 3.99. The molecule has 6 nitrogen and oxygen atoms in total. The summed E-state index contributed by atoms with van der Waals surface area (Å²) in [6, 6.07) is 10.6. The van der Waals surface area contributed by atoms with Crippen LogP contribution >= 0.6 is 22.9 Å². The van der Waals surface area contributed by atoms with E-state index in [1.54, 1.807) is 58.2 Å².